The molecule has 1 nitrogen and oxygen atoms in total. The second-order valence-electron chi connectivity index (χ2n) is 4.93. The Morgan fingerprint density at radius 3 is 1.79 bits per heavy atom. The van der Waals surface area contributed by atoms with Crippen LogP contribution in [-0.2, 0) is 6.42 Å². The van der Waals surface area contributed by atoms with Crippen molar-refractivity contribution in [3.63, 3.8) is 0 Å². The third-order valence-electron chi connectivity index (χ3n) is 3.17. The Hall–Kier alpha value is -1.25. The molecule has 1 aromatic rings. The van der Waals surface area contributed by atoms with Gasteiger partial charge in [-0.05, 0) is 42.6 Å². The van der Waals surface area contributed by atoms with E-state index in [0.29, 0.717) is 12.4 Å². The molecule has 0 unspecified atom stereocenters. The normalized spacial score (nSPS) is 13.9. The van der Waals surface area contributed by atoms with E-state index in [2.05, 4.69) is 11.6 Å². The standard InChI is InChI=1S/C14H13ClF8O/c1-2-24-10-5-3-9(4-6-10)7-8-11(16,17)12(18,19)13(20,21)14(15,22)23/h3-6H,2,7-8H2,1H3. The van der Waals surface area contributed by atoms with Gasteiger partial charge in [0.15, 0.2) is 0 Å². The zero-order chi connectivity index (χ0) is 18.8. The monoisotopic (exact) mass is 384 g/mol. The second kappa shape index (κ2) is 6.93. The molecule has 0 spiro atoms. The molecule has 1 aromatic carbocycles. The van der Waals surface area contributed by atoms with E-state index in [9.17, 15) is 35.1 Å². The highest BCUT2D eigenvalue weighted by molar-refractivity contribution is 6.22. The Morgan fingerprint density at radius 1 is 0.875 bits per heavy atom. The molecule has 0 aromatic heterocycles. The van der Waals surface area contributed by atoms with Gasteiger partial charge in [-0.25, -0.2) is 0 Å². The molecule has 0 atom stereocenters. The summed E-state index contributed by atoms with van der Waals surface area (Å²) in [6.45, 7) is 2.04. The Kier molecular flexibility index (Phi) is 6.01. The number of aryl methyl sites for hydroxylation is 1. The van der Waals surface area contributed by atoms with Crippen molar-refractivity contribution in [3.05, 3.63) is 29.8 Å². The molecule has 138 valence electrons. The molecule has 0 fully saturated rings. The molecule has 1 rings (SSSR count). The van der Waals surface area contributed by atoms with Gasteiger partial charge >= 0.3 is 23.1 Å². The van der Waals surface area contributed by atoms with E-state index in [-0.39, 0.29) is 5.56 Å². The van der Waals surface area contributed by atoms with Crippen LogP contribution in [0, 0.1) is 0 Å². The van der Waals surface area contributed by atoms with Gasteiger partial charge in [0.1, 0.15) is 5.75 Å². The zero-order valence-electron chi connectivity index (χ0n) is 12.2. The van der Waals surface area contributed by atoms with E-state index in [1.54, 1.807) is 6.92 Å². The van der Waals surface area contributed by atoms with Crippen LogP contribution in [0.5, 0.6) is 5.75 Å². The van der Waals surface area contributed by atoms with Crippen LogP contribution >= 0.6 is 11.6 Å². The van der Waals surface area contributed by atoms with E-state index < -0.39 is 36.0 Å². The molecule has 0 heterocycles. The average Bonchev–Trinajstić information content (AvgIpc) is 2.45. The third-order valence-corrected chi connectivity index (χ3v) is 3.41. The maximum Gasteiger partial charge on any atom is 0.392 e. The van der Waals surface area contributed by atoms with Crippen molar-refractivity contribution in [2.45, 2.75) is 42.9 Å². The molecule has 0 saturated carbocycles. The van der Waals surface area contributed by atoms with Gasteiger partial charge in [-0.1, -0.05) is 12.1 Å². The molecule has 10 heteroatoms. The van der Waals surface area contributed by atoms with Gasteiger partial charge < -0.3 is 4.74 Å². The first-order valence-electron chi connectivity index (χ1n) is 6.68. The predicted molar refractivity (Wildman–Crippen MR) is 71.6 cm³/mol. The topological polar surface area (TPSA) is 9.23 Å². The minimum Gasteiger partial charge on any atom is -0.494 e. The fourth-order valence-electron chi connectivity index (χ4n) is 1.79. The summed E-state index contributed by atoms with van der Waals surface area (Å²) >= 11 is 3.87. The van der Waals surface area contributed by atoms with Gasteiger partial charge in [0, 0.05) is 6.42 Å². The van der Waals surface area contributed by atoms with Crippen LogP contribution in [-0.4, -0.2) is 29.8 Å². The van der Waals surface area contributed by atoms with E-state index in [4.69, 9.17) is 4.74 Å². The lowest BCUT2D eigenvalue weighted by Gasteiger charge is -2.34. The summed E-state index contributed by atoms with van der Waals surface area (Å²) in [5.74, 6) is -17.7. The minimum atomic E-state index is -6.41. The van der Waals surface area contributed by atoms with Crippen LogP contribution in [0.25, 0.3) is 0 Å². The molecular formula is C14H13ClF8O. The largest absolute Gasteiger partial charge is 0.494 e. The van der Waals surface area contributed by atoms with Crippen molar-refractivity contribution in [1.82, 2.24) is 0 Å². The Bertz CT molecular complexity index is 539. The van der Waals surface area contributed by atoms with Crippen LogP contribution < -0.4 is 4.74 Å². The summed E-state index contributed by atoms with van der Waals surface area (Å²) in [6.07, 6.45) is -2.50. The van der Waals surface area contributed by atoms with Crippen LogP contribution in [0.3, 0.4) is 0 Å². The number of halogens is 9. The van der Waals surface area contributed by atoms with E-state index in [0.717, 1.165) is 0 Å². The Labute approximate surface area is 137 Å². The summed E-state index contributed by atoms with van der Waals surface area (Å²) < 4.78 is 109. The number of ether oxygens (including phenoxy) is 1. The highest BCUT2D eigenvalue weighted by atomic mass is 35.5. The van der Waals surface area contributed by atoms with Crippen molar-refractivity contribution in [3.8, 4) is 5.75 Å². The quantitative estimate of drug-likeness (QED) is 0.409. The van der Waals surface area contributed by atoms with Gasteiger partial charge in [-0.3, -0.25) is 0 Å². The first kappa shape index (κ1) is 20.8. The summed E-state index contributed by atoms with van der Waals surface area (Å²) in [6, 6.07) is 5.29. The van der Waals surface area contributed by atoms with Crippen LogP contribution in [0.4, 0.5) is 35.1 Å². The van der Waals surface area contributed by atoms with Crippen molar-refractivity contribution >= 4 is 11.6 Å². The maximum atomic E-state index is 13.5. The zero-order valence-corrected chi connectivity index (χ0v) is 13.0. The Morgan fingerprint density at radius 2 is 1.38 bits per heavy atom. The molecule has 0 aliphatic heterocycles. The molecule has 0 saturated heterocycles. The molecule has 0 aliphatic carbocycles. The smallest absolute Gasteiger partial charge is 0.392 e. The molecule has 0 N–H and O–H groups in total. The average molecular weight is 385 g/mol. The lowest BCUT2D eigenvalue weighted by atomic mass is 9.97. The van der Waals surface area contributed by atoms with E-state index >= 15 is 0 Å². The van der Waals surface area contributed by atoms with Crippen molar-refractivity contribution in [2.24, 2.45) is 0 Å². The number of rotatable bonds is 8. The first-order chi connectivity index (χ1) is 10.8. The van der Waals surface area contributed by atoms with Gasteiger partial charge in [-0.15, -0.1) is 0 Å². The number of benzene rings is 1. The second-order valence-corrected chi connectivity index (χ2v) is 5.40. The third kappa shape index (κ3) is 4.04. The van der Waals surface area contributed by atoms with Gasteiger partial charge in [-0.2, -0.15) is 35.1 Å². The first-order valence-corrected chi connectivity index (χ1v) is 7.06. The lowest BCUT2D eigenvalue weighted by Crippen LogP contribution is -2.60. The number of hydrogen-bond acceptors (Lipinski definition) is 1. The number of alkyl halides is 9. The van der Waals surface area contributed by atoms with E-state index in [1.165, 1.54) is 24.3 Å². The summed E-state index contributed by atoms with van der Waals surface area (Å²) in [5, 5.41) is -5.82. The molecule has 0 amide bonds. The van der Waals surface area contributed by atoms with Crippen LogP contribution in [0.2, 0.25) is 0 Å². The Balaban J connectivity index is 2.88. The van der Waals surface area contributed by atoms with Gasteiger partial charge in [0.05, 0.1) is 6.61 Å². The minimum absolute atomic E-state index is 0.120. The maximum absolute atomic E-state index is 13.5. The fourth-order valence-corrected chi connectivity index (χ4v) is 1.90. The van der Waals surface area contributed by atoms with Crippen molar-refractivity contribution in [2.75, 3.05) is 6.61 Å². The fraction of sp³-hybridized carbons (Fsp3) is 0.571. The molecule has 24 heavy (non-hydrogen) atoms. The van der Waals surface area contributed by atoms with Gasteiger partial charge in [0.25, 0.3) is 0 Å². The summed E-state index contributed by atoms with van der Waals surface area (Å²) in [4.78, 5) is 0. The molecular weight excluding hydrogens is 372 g/mol. The highest BCUT2D eigenvalue weighted by Crippen LogP contribution is 2.55. The van der Waals surface area contributed by atoms with Crippen molar-refractivity contribution in [1.29, 1.82) is 0 Å². The SMILES string of the molecule is CCOc1ccc(CCC(F)(F)C(F)(F)C(F)(F)C(F)(F)Cl)cc1. The van der Waals surface area contributed by atoms with Crippen LogP contribution in [0.1, 0.15) is 18.9 Å². The van der Waals surface area contributed by atoms with Gasteiger partial charge in [0.2, 0.25) is 0 Å². The number of hydrogen-bond donors (Lipinski definition) is 0. The summed E-state index contributed by atoms with van der Waals surface area (Å²) in [7, 11) is 0. The molecule has 0 radical (unpaired) electrons. The van der Waals surface area contributed by atoms with Crippen molar-refractivity contribution < 1.29 is 39.9 Å². The summed E-state index contributed by atoms with van der Waals surface area (Å²) in [5.41, 5.74) is 0.120. The van der Waals surface area contributed by atoms with E-state index in [1.807, 2.05) is 0 Å². The highest BCUT2D eigenvalue weighted by Gasteiger charge is 2.79. The molecule has 0 aliphatic rings. The lowest BCUT2D eigenvalue weighted by molar-refractivity contribution is -0.348. The predicted octanol–water partition coefficient (Wildman–Crippen LogP) is 5.76. The van der Waals surface area contributed by atoms with Crippen LogP contribution in [0.15, 0.2) is 24.3 Å². The molecule has 0 bridgehead atoms.